The lowest BCUT2D eigenvalue weighted by Crippen LogP contribution is -2.44. The highest BCUT2D eigenvalue weighted by molar-refractivity contribution is 9.10. The zero-order chi connectivity index (χ0) is 15.4. The molecule has 1 unspecified atom stereocenters. The van der Waals surface area contributed by atoms with Crippen LogP contribution in [0.3, 0.4) is 0 Å². The molecule has 1 aromatic rings. The van der Waals surface area contributed by atoms with E-state index in [2.05, 4.69) is 27.8 Å². The highest BCUT2D eigenvalue weighted by Crippen LogP contribution is 2.24. The number of likely N-dealkylation sites (N-methyl/N-ethyl adjacent to an activating group) is 2. The van der Waals surface area contributed by atoms with Gasteiger partial charge in [0.25, 0.3) is 5.91 Å². The Labute approximate surface area is 130 Å². The van der Waals surface area contributed by atoms with E-state index in [9.17, 15) is 4.79 Å². The molecule has 0 fully saturated rings. The fourth-order valence-electron chi connectivity index (χ4n) is 2.36. The van der Waals surface area contributed by atoms with Crippen molar-refractivity contribution in [2.75, 3.05) is 32.9 Å². The summed E-state index contributed by atoms with van der Waals surface area (Å²) in [5, 5.41) is 0. The molecule has 0 bridgehead atoms. The number of carbonyl (C=O) groups excluding carboxylic acids is 1. The number of hydrogen-bond acceptors (Lipinski definition) is 3. The van der Waals surface area contributed by atoms with E-state index in [1.807, 2.05) is 45.0 Å². The number of carbonyl (C=O) groups is 1. The van der Waals surface area contributed by atoms with E-state index in [-0.39, 0.29) is 11.9 Å². The Bertz CT molecular complexity index is 488. The Morgan fingerprint density at radius 1 is 1.40 bits per heavy atom. The molecule has 0 saturated carbocycles. The highest BCUT2D eigenvalue weighted by Gasteiger charge is 2.22. The lowest BCUT2D eigenvalue weighted by molar-refractivity contribution is 0.0678. The Balaban J connectivity index is 3.08. The van der Waals surface area contributed by atoms with E-state index < -0.39 is 0 Å². The first-order valence-corrected chi connectivity index (χ1v) is 7.58. The average molecular weight is 342 g/mol. The standard InChI is InChI=1S/C15H24BrN3O/c1-6-19(10(2)9-18(4)5)15(20)13-7-12(16)8-14(17)11(13)3/h7-8,10H,6,9,17H2,1-5H3. The van der Waals surface area contributed by atoms with Gasteiger partial charge >= 0.3 is 0 Å². The van der Waals surface area contributed by atoms with Crippen LogP contribution in [-0.2, 0) is 0 Å². The minimum Gasteiger partial charge on any atom is -0.398 e. The van der Waals surface area contributed by atoms with Crippen LogP contribution in [-0.4, -0.2) is 48.9 Å². The molecule has 0 aliphatic rings. The van der Waals surface area contributed by atoms with Crippen LogP contribution in [0.1, 0.15) is 29.8 Å². The van der Waals surface area contributed by atoms with Crippen molar-refractivity contribution in [3.8, 4) is 0 Å². The molecule has 0 heterocycles. The first kappa shape index (κ1) is 17.0. The molecule has 1 amide bonds. The van der Waals surface area contributed by atoms with Crippen LogP contribution in [0.4, 0.5) is 5.69 Å². The van der Waals surface area contributed by atoms with E-state index in [4.69, 9.17) is 5.73 Å². The number of benzene rings is 1. The number of nitrogens with two attached hydrogens (primary N) is 1. The number of hydrogen-bond donors (Lipinski definition) is 1. The van der Waals surface area contributed by atoms with Crippen LogP contribution in [0.25, 0.3) is 0 Å². The summed E-state index contributed by atoms with van der Waals surface area (Å²) in [6.45, 7) is 7.47. The number of anilines is 1. The molecule has 0 saturated heterocycles. The zero-order valence-corrected chi connectivity index (χ0v) is 14.5. The van der Waals surface area contributed by atoms with Crippen molar-refractivity contribution in [3.63, 3.8) is 0 Å². The van der Waals surface area contributed by atoms with Crippen molar-refractivity contribution in [3.05, 3.63) is 27.7 Å². The quantitative estimate of drug-likeness (QED) is 0.837. The summed E-state index contributed by atoms with van der Waals surface area (Å²) in [5.74, 6) is 0.0346. The van der Waals surface area contributed by atoms with Crippen LogP contribution in [0, 0.1) is 6.92 Å². The van der Waals surface area contributed by atoms with Gasteiger partial charge in [0, 0.05) is 34.9 Å². The summed E-state index contributed by atoms with van der Waals surface area (Å²) in [4.78, 5) is 16.7. The molecule has 20 heavy (non-hydrogen) atoms. The van der Waals surface area contributed by atoms with E-state index in [0.717, 1.165) is 16.6 Å². The van der Waals surface area contributed by atoms with Crippen molar-refractivity contribution in [1.29, 1.82) is 0 Å². The normalized spacial score (nSPS) is 12.6. The van der Waals surface area contributed by atoms with E-state index in [0.29, 0.717) is 17.8 Å². The van der Waals surface area contributed by atoms with Crippen LogP contribution in [0.5, 0.6) is 0 Å². The third kappa shape index (κ3) is 3.96. The van der Waals surface area contributed by atoms with Gasteiger partial charge in [-0.25, -0.2) is 0 Å². The van der Waals surface area contributed by atoms with Crippen LogP contribution < -0.4 is 5.73 Å². The average Bonchev–Trinajstić information content (AvgIpc) is 2.33. The van der Waals surface area contributed by atoms with Gasteiger partial charge in [0.05, 0.1) is 0 Å². The van der Waals surface area contributed by atoms with Gasteiger partial charge < -0.3 is 15.5 Å². The van der Waals surface area contributed by atoms with Gasteiger partial charge in [0.2, 0.25) is 0 Å². The predicted octanol–water partition coefficient (Wildman–Crippen LogP) is 2.75. The van der Waals surface area contributed by atoms with Crippen LogP contribution >= 0.6 is 15.9 Å². The number of amides is 1. The molecular formula is C15H24BrN3O. The molecule has 1 aromatic carbocycles. The second kappa shape index (κ2) is 7.09. The maximum Gasteiger partial charge on any atom is 0.254 e. The fourth-order valence-corrected chi connectivity index (χ4v) is 2.83. The summed E-state index contributed by atoms with van der Waals surface area (Å²) < 4.78 is 0.834. The molecular weight excluding hydrogens is 318 g/mol. The van der Waals surface area contributed by atoms with Gasteiger partial charge in [-0.3, -0.25) is 4.79 Å². The van der Waals surface area contributed by atoms with Gasteiger partial charge in [0.1, 0.15) is 0 Å². The van der Waals surface area contributed by atoms with Crippen LogP contribution in [0.2, 0.25) is 0 Å². The third-order valence-corrected chi connectivity index (χ3v) is 3.86. The number of rotatable bonds is 5. The van der Waals surface area contributed by atoms with Crippen LogP contribution in [0.15, 0.2) is 16.6 Å². The molecule has 0 spiro atoms. The zero-order valence-electron chi connectivity index (χ0n) is 12.9. The smallest absolute Gasteiger partial charge is 0.254 e. The topological polar surface area (TPSA) is 49.6 Å². The SMILES string of the molecule is CCN(C(=O)c1cc(Br)cc(N)c1C)C(C)CN(C)C. The lowest BCUT2D eigenvalue weighted by Gasteiger charge is -2.30. The Morgan fingerprint density at radius 3 is 2.50 bits per heavy atom. The Kier molecular flexibility index (Phi) is 6.02. The summed E-state index contributed by atoms with van der Waals surface area (Å²) in [5.41, 5.74) is 8.10. The number of halogens is 1. The number of nitrogens with zero attached hydrogens (tertiary/aromatic N) is 2. The van der Waals surface area contributed by atoms with E-state index >= 15 is 0 Å². The molecule has 0 radical (unpaired) electrons. The molecule has 0 aliphatic heterocycles. The molecule has 2 N–H and O–H groups in total. The minimum absolute atomic E-state index is 0.0346. The Morgan fingerprint density at radius 2 is 2.00 bits per heavy atom. The van der Waals surface area contributed by atoms with Gasteiger partial charge in [-0.2, -0.15) is 0 Å². The van der Waals surface area contributed by atoms with Crippen molar-refractivity contribution >= 4 is 27.5 Å². The summed E-state index contributed by atoms with van der Waals surface area (Å²) in [6.07, 6.45) is 0. The first-order chi connectivity index (χ1) is 9.27. The van der Waals surface area contributed by atoms with Crippen molar-refractivity contribution in [2.45, 2.75) is 26.8 Å². The second-order valence-electron chi connectivity index (χ2n) is 5.37. The van der Waals surface area contributed by atoms with Gasteiger partial charge in [0.15, 0.2) is 0 Å². The highest BCUT2D eigenvalue weighted by atomic mass is 79.9. The van der Waals surface area contributed by atoms with E-state index in [1.54, 1.807) is 0 Å². The molecule has 1 rings (SSSR count). The molecule has 4 nitrogen and oxygen atoms in total. The van der Waals surface area contributed by atoms with Gasteiger partial charge in [-0.05, 0) is 52.6 Å². The van der Waals surface area contributed by atoms with Crippen molar-refractivity contribution < 1.29 is 4.79 Å². The van der Waals surface area contributed by atoms with E-state index in [1.165, 1.54) is 0 Å². The summed E-state index contributed by atoms with van der Waals surface area (Å²) in [7, 11) is 4.02. The molecule has 1 atom stereocenters. The monoisotopic (exact) mass is 341 g/mol. The molecule has 0 aromatic heterocycles. The maximum absolute atomic E-state index is 12.8. The molecule has 5 heteroatoms. The van der Waals surface area contributed by atoms with Gasteiger partial charge in [-0.15, -0.1) is 0 Å². The maximum atomic E-state index is 12.8. The first-order valence-electron chi connectivity index (χ1n) is 6.79. The minimum atomic E-state index is 0.0346. The third-order valence-electron chi connectivity index (χ3n) is 3.41. The molecule has 0 aliphatic carbocycles. The van der Waals surface area contributed by atoms with Crippen molar-refractivity contribution in [1.82, 2.24) is 9.80 Å². The number of nitrogen functional groups attached to an aromatic ring is 1. The second-order valence-corrected chi connectivity index (χ2v) is 6.29. The Hall–Kier alpha value is -1.07. The fraction of sp³-hybridized carbons (Fsp3) is 0.533. The van der Waals surface area contributed by atoms with Crippen molar-refractivity contribution in [2.24, 2.45) is 0 Å². The molecule has 112 valence electrons. The van der Waals surface area contributed by atoms with Gasteiger partial charge in [-0.1, -0.05) is 15.9 Å². The summed E-state index contributed by atoms with van der Waals surface area (Å²) in [6, 6.07) is 3.83. The summed E-state index contributed by atoms with van der Waals surface area (Å²) >= 11 is 3.40. The predicted molar refractivity (Wildman–Crippen MR) is 88.0 cm³/mol. The lowest BCUT2D eigenvalue weighted by atomic mass is 10.0. The largest absolute Gasteiger partial charge is 0.398 e.